The van der Waals surface area contributed by atoms with Crippen LogP contribution in [0.4, 0.5) is 5.69 Å². The van der Waals surface area contributed by atoms with Crippen LogP contribution in [0.15, 0.2) is 54.6 Å². The lowest BCUT2D eigenvalue weighted by atomic mass is 9.82. The van der Waals surface area contributed by atoms with Crippen LogP contribution in [0.3, 0.4) is 0 Å². The highest BCUT2D eigenvalue weighted by Gasteiger charge is 2.29. The summed E-state index contributed by atoms with van der Waals surface area (Å²) in [4.78, 5) is 24.3. The number of hydrogen-bond acceptors (Lipinski definition) is 2. The molecular formula is C23H26N2O2. The predicted octanol–water partition coefficient (Wildman–Crippen LogP) is 4.49. The molecule has 2 amide bonds. The van der Waals surface area contributed by atoms with Crippen LogP contribution < -0.4 is 10.6 Å². The van der Waals surface area contributed by atoms with E-state index in [1.54, 1.807) is 12.1 Å². The molecule has 0 spiro atoms. The first-order valence-electron chi connectivity index (χ1n) is 9.96. The predicted molar refractivity (Wildman–Crippen MR) is 107 cm³/mol. The van der Waals surface area contributed by atoms with Crippen LogP contribution >= 0.6 is 0 Å². The first-order chi connectivity index (χ1) is 13.2. The lowest BCUT2D eigenvalue weighted by Gasteiger charge is -2.29. The van der Waals surface area contributed by atoms with E-state index in [0.29, 0.717) is 11.5 Å². The molecule has 0 bridgehead atoms. The molecule has 4 nitrogen and oxygen atoms in total. The maximum Gasteiger partial charge on any atom is 0.251 e. The van der Waals surface area contributed by atoms with E-state index in [1.807, 2.05) is 12.1 Å². The summed E-state index contributed by atoms with van der Waals surface area (Å²) >= 11 is 0. The molecule has 0 unspecified atom stereocenters. The number of rotatable bonds is 5. The quantitative estimate of drug-likeness (QED) is 0.823. The van der Waals surface area contributed by atoms with Crippen molar-refractivity contribution in [3.8, 4) is 0 Å². The summed E-state index contributed by atoms with van der Waals surface area (Å²) in [5, 5.41) is 6.07. The molecule has 0 aliphatic heterocycles. The Hall–Kier alpha value is -2.62. The molecule has 2 fully saturated rings. The lowest BCUT2D eigenvalue weighted by Crippen LogP contribution is -2.37. The summed E-state index contributed by atoms with van der Waals surface area (Å²) in [7, 11) is 0. The first-order valence-corrected chi connectivity index (χ1v) is 9.96. The van der Waals surface area contributed by atoms with Gasteiger partial charge in [0.1, 0.15) is 0 Å². The van der Waals surface area contributed by atoms with E-state index in [9.17, 15) is 9.59 Å². The highest BCUT2D eigenvalue weighted by molar-refractivity contribution is 5.96. The second kappa shape index (κ2) is 7.95. The minimum atomic E-state index is -0.0294. The fourth-order valence-corrected chi connectivity index (χ4v) is 3.86. The Morgan fingerprint density at radius 1 is 0.778 bits per heavy atom. The Balaban J connectivity index is 1.27. The van der Waals surface area contributed by atoms with E-state index in [2.05, 4.69) is 41.0 Å². The van der Waals surface area contributed by atoms with Crippen molar-refractivity contribution in [2.45, 2.75) is 50.5 Å². The third kappa shape index (κ3) is 4.57. The van der Waals surface area contributed by atoms with E-state index in [-0.39, 0.29) is 23.8 Å². The van der Waals surface area contributed by atoms with E-state index in [0.717, 1.165) is 44.2 Å². The second-order valence-electron chi connectivity index (χ2n) is 7.77. The number of nitrogens with one attached hydrogen (secondary N) is 2. The van der Waals surface area contributed by atoms with E-state index in [4.69, 9.17) is 0 Å². The highest BCUT2D eigenvalue weighted by atomic mass is 16.2. The maximum absolute atomic E-state index is 12.5. The SMILES string of the molecule is O=C(NC1CCC(c2ccccc2)CC1)c1ccc(NC(=O)C2CC2)cc1. The Morgan fingerprint density at radius 3 is 2.07 bits per heavy atom. The molecule has 2 aliphatic carbocycles. The van der Waals surface area contributed by atoms with Gasteiger partial charge in [-0.3, -0.25) is 9.59 Å². The van der Waals surface area contributed by atoms with Crippen molar-refractivity contribution in [3.05, 3.63) is 65.7 Å². The molecule has 0 heterocycles. The van der Waals surface area contributed by atoms with Crippen molar-refractivity contribution in [3.63, 3.8) is 0 Å². The molecular weight excluding hydrogens is 336 g/mol. The van der Waals surface area contributed by atoms with Crippen molar-refractivity contribution in [1.29, 1.82) is 0 Å². The highest BCUT2D eigenvalue weighted by Crippen LogP contribution is 2.33. The van der Waals surface area contributed by atoms with Gasteiger partial charge in [0.2, 0.25) is 5.91 Å². The third-order valence-electron chi connectivity index (χ3n) is 5.70. The molecule has 2 aromatic rings. The number of anilines is 1. The Morgan fingerprint density at radius 2 is 1.44 bits per heavy atom. The lowest BCUT2D eigenvalue weighted by molar-refractivity contribution is -0.117. The van der Waals surface area contributed by atoms with Crippen molar-refractivity contribution in [2.24, 2.45) is 5.92 Å². The molecule has 2 aromatic carbocycles. The van der Waals surface area contributed by atoms with Crippen LogP contribution in [0, 0.1) is 5.92 Å². The summed E-state index contributed by atoms with van der Waals surface area (Å²) in [6.07, 6.45) is 6.22. The van der Waals surface area contributed by atoms with Gasteiger partial charge in [0, 0.05) is 23.2 Å². The summed E-state index contributed by atoms with van der Waals surface area (Å²) in [6, 6.07) is 18.1. The Bertz CT molecular complexity index is 789. The van der Waals surface area contributed by atoms with Gasteiger partial charge in [0.05, 0.1) is 0 Å². The number of carbonyl (C=O) groups is 2. The molecule has 27 heavy (non-hydrogen) atoms. The molecule has 4 heteroatoms. The smallest absolute Gasteiger partial charge is 0.251 e. The number of hydrogen-bond donors (Lipinski definition) is 2. The average Bonchev–Trinajstić information content (AvgIpc) is 3.55. The van der Waals surface area contributed by atoms with Crippen LogP contribution in [0.1, 0.15) is 60.4 Å². The largest absolute Gasteiger partial charge is 0.349 e. The fraction of sp³-hybridized carbons (Fsp3) is 0.391. The zero-order chi connectivity index (χ0) is 18.6. The minimum Gasteiger partial charge on any atom is -0.349 e. The van der Waals surface area contributed by atoms with Crippen molar-refractivity contribution in [2.75, 3.05) is 5.32 Å². The van der Waals surface area contributed by atoms with Crippen molar-refractivity contribution >= 4 is 17.5 Å². The van der Waals surface area contributed by atoms with Gasteiger partial charge in [-0.25, -0.2) is 0 Å². The van der Waals surface area contributed by atoms with Crippen LogP contribution in [0.2, 0.25) is 0 Å². The van der Waals surface area contributed by atoms with Crippen LogP contribution in [-0.2, 0) is 4.79 Å². The van der Waals surface area contributed by atoms with Gasteiger partial charge >= 0.3 is 0 Å². The minimum absolute atomic E-state index is 0.0294. The monoisotopic (exact) mass is 362 g/mol. The average molecular weight is 362 g/mol. The zero-order valence-corrected chi connectivity index (χ0v) is 15.5. The third-order valence-corrected chi connectivity index (χ3v) is 5.70. The molecule has 2 aliphatic rings. The molecule has 0 atom stereocenters. The normalized spacial score (nSPS) is 22.1. The number of benzene rings is 2. The van der Waals surface area contributed by atoms with Gasteiger partial charge in [0.25, 0.3) is 5.91 Å². The Labute approximate surface area is 160 Å². The summed E-state index contributed by atoms with van der Waals surface area (Å²) in [5.74, 6) is 0.841. The molecule has 0 aromatic heterocycles. The summed E-state index contributed by atoms with van der Waals surface area (Å²) < 4.78 is 0. The van der Waals surface area contributed by atoms with Crippen LogP contribution in [-0.4, -0.2) is 17.9 Å². The number of amides is 2. The van der Waals surface area contributed by atoms with Gasteiger partial charge in [-0.2, -0.15) is 0 Å². The summed E-state index contributed by atoms with van der Waals surface area (Å²) in [6.45, 7) is 0. The van der Waals surface area contributed by atoms with Crippen molar-refractivity contribution in [1.82, 2.24) is 5.32 Å². The molecule has 2 N–H and O–H groups in total. The fourth-order valence-electron chi connectivity index (χ4n) is 3.86. The number of carbonyl (C=O) groups excluding carboxylic acids is 2. The molecule has 0 saturated heterocycles. The van der Waals surface area contributed by atoms with Crippen LogP contribution in [0.5, 0.6) is 0 Å². The first kappa shape index (κ1) is 17.8. The van der Waals surface area contributed by atoms with Gasteiger partial charge < -0.3 is 10.6 Å². The van der Waals surface area contributed by atoms with Crippen LogP contribution in [0.25, 0.3) is 0 Å². The topological polar surface area (TPSA) is 58.2 Å². The molecule has 140 valence electrons. The van der Waals surface area contributed by atoms with Crippen molar-refractivity contribution < 1.29 is 9.59 Å². The molecule has 0 radical (unpaired) electrons. The standard InChI is InChI=1S/C23H26N2O2/c26-22(18-6-7-18)25-21-14-10-19(11-15-21)23(27)24-20-12-8-17(9-13-20)16-4-2-1-3-5-16/h1-5,10-11,14-15,17-18,20H,6-9,12-13H2,(H,24,27)(H,25,26). The zero-order valence-electron chi connectivity index (χ0n) is 15.5. The van der Waals surface area contributed by atoms with E-state index < -0.39 is 0 Å². The summed E-state index contributed by atoms with van der Waals surface area (Å²) in [5.41, 5.74) is 2.81. The van der Waals surface area contributed by atoms with E-state index in [1.165, 1.54) is 5.56 Å². The van der Waals surface area contributed by atoms with E-state index >= 15 is 0 Å². The molecule has 4 rings (SSSR count). The van der Waals surface area contributed by atoms with Gasteiger partial charge in [0.15, 0.2) is 0 Å². The van der Waals surface area contributed by atoms with Gasteiger partial charge in [-0.1, -0.05) is 30.3 Å². The molecule has 2 saturated carbocycles. The Kier molecular flexibility index (Phi) is 5.23. The second-order valence-corrected chi connectivity index (χ2v) is 7.77. The van der Waals surface area contributed by atoms with Gasteiger partial charge in [-0.05, 0) is 74.3 Å². The maximum atomic E-state index is 12.5. The van der Waals surface area contributed by atoms with Gasteiger partial charge in [-0.15, -0.1) is 0 Å².